The molecule has 2 aliphatic rings. The molecule has 2 unspecified atom stereocenters. The van der Waals surface area contributed by atoms with Gasteiger partial charge in [0.25, 0.3) is 5.91 Å². The lowest BCUT2D eigenvalue weighted by molar-refractivity contribution is -0.138. The van der Waals surface area contributed by atoms with Gasteiger partial charge in [0, 0.05) is 44.5 Å². The van der Waals surface area contributed by atoms with Crippen LogP contribution in [-0.4, -0.2) is 79.3 Å². The van der Waals surface area contributed by atoms with Crippen molar-refractivity contribution in [2.75, 3.05) is 38.6 Å². The summed E-state index contributed by atoms with van der Waals surface area (Å²) in [5.74, 6) is 0.554. The lowest BCUT2D eigenvalue weighted by Crippen LogP contribution is -2.52. The zero-order valence-corrected chi connectivity index (χ0v) is 21.7. The first kappa shape index (κ1) is 26.2. The molecular weight excluding hydrogens is 428 g/mol. The van der Waals surface area contributed by atoms with Gasteiger partial charge in [0.1, 0.15) is 12.1 Å². The van der Waals surface area contributed by atoms with Gasteiger partial charge in [0.15, 0.2) is 5.78 Å². The molecule has 1 aromatic carbocycles. The van der Waals surface area contributed by atoms with Gasteiger partial charge in [-0.2, -0.15) is 0 Å². The predicted molar refractivity (Wildman–Crippen MR) is 136 cm³/mol. The van der Waals surface area contributed by atoms with Gasteiger partial charge in [0.05, 0.1) is 6.54 Å². The largest absolute Gasteiger partial charge is 0.378 e. The molecule has 7 nitrogen and oxygen atoms in total. The Hall–Kier alpha value is -2.41. The van der Waals surface area contributed by atoms with E-state index < -0.39 is 6.04 Å². The molecule has 2 saturated heterocycles. The molecule has 2 aliphatic heterocycles. The third-order valence-electron chi connectivity index (χ3n) is 7.41. The molecule has 0 spiro atoms. The van der Waals surface area contributed by atoms with E-state index in [0.717, 1.165) is 31.5 Å². The Kier molecular flexibility index (Phi) is 8.74. The van der Waals surface area contributed by atoms with E-state index in [-0.39, 0.29) is 35.6 Å². The smallest absolute Gasteiger partial charge is 0.251 e. The van der Waals surface area contributed by atoms with Crippen LogP contribution in [0.2, 0.25) is 0 Å². The number of anilines is 1. The van der Waals surface area contributed by atoms with Gasteiger partial charge in [-0.15, -0.1) is 0 Å². The van der Waals surface area contributed by atoms with Crippen LogP contribution in [0.15, 0.2) is 24.3 Å². The van der Waals surface area contributed by atoms with Crippen LogP contribution in [0, 0.1) is 11.8 Å². The number of carbonyl (C=O) groups is 3. The molecule has 2 amide bonds. The van der Waals surface area contributed by atoms with Gasteiger partial charge in [-0.1, -0.05) is 40.5 Å². The lowest BCUT2D eigenvalue weighted by Gasteiger charge is -2.29. The summed E-state index contributed by atoms with van der Waals surface area (Å²) in [6.07, 6.45) is 3.55. The Morgan fingerprint density at radius 3 is 2.32 bits per heavy atom. The second-order valence-corrected chi connectivity index (χ2v) is 10.5. The fraction of sp³-hybridized carbons (Fsp3) is 0.667. The summed E-state index contributed by atoms with van der Waals surface area (Å²) >= 11 is 0. The molecule has 2 fully saturated rings. The molecule has 0 aromatic heterocycles. The fourth-order valence-electron chi connectivity index (χ4n) is 5.33. The number of benzene rings is 1. The van der Waals surface area contributed by atoms with Crippen LogP contribution in [0.4, 0.5) is 5.69 Å². The summed E-state index contributed by atoms with van der Waals surface area (Å²) in [4.78, 5) is 45.7. The minimum absolute atomic E-state index is 0.103. The molecule has 3 rings (SSSR count). The number of fused-ring (bicyclic) bond motifs is 1. The molecule has 1 aromatic rings. The number of hydrogen-bond acceptors (Lipinski definition) is 5. The molecule has 34 heavy (non-hydrogen) atoms. The fourth-order valence-corrected chi connectivity index (χ4v) is 5.33. The van der Waals surface area contributed by atoms with Crippen molar-refractivity contribution < 1.29 is 14.4 Å². The van der Waals surface area contributed by atoms with Gasteiger partial charge in [-0.3, -0.25) is 19.3 Å². The van der Waals surface area contributed by atoms with Gasteiger partial charge in [-0.05, 0) is 48.9 Å². The highest BCUT2D eigenvalue weighted by Gasteiger charge is 2.50. The summed E-state index contributed by atoms with van der Waals surface area (Å²) in [6.45, 7) is 10.4. The first-order chi connectivity index (χ1) is 16.2. The Bertz CT molecular complexity index is 863. The maximum absolute atomic E-state index is 13.7. The average Bonchev–Trinajstić information content (AvgIpc) is 3.37. The Labute approximate surface area is 204 Å². The normalized spacial score (nSPS) is 21.3. The number of nitrogens with zero attached hydrogens (tertiary/aromatic N) is 3. The average molecular weight is 471 g/mol. The van der Waals surface area contributed by atoms with E-state index in [9.17, 15) is 14.4 Å². The minimum atomic E-state index is -0.638. The van der Waals surface area contributed by atoms with Crippen molar-refractivity contribution in [1.29, 1.82) is 0 Å². The van der Waals surface area contributed by atoms with Gasteiger partial charge in [0.2, 0.25) is 5.91 Å². The zero-order valence-electron chi connectivity index (χ0n) is 21.7. The first-order valence-corrected chi connectivity index (χ1v) is 12.8. The standard InChI is InChI=1S/C27H42N4O3/c1-7-19(8-2)16-30-17-24(32)25-23(30)13-14-31(25)27(34)22(15-18(3)4)28-26(33)20-9-11-21(12-10-20)29(5)6/h9-12,18-19,22-23,25H,7-8,13-17H2,1-6H3,(H,28,33)/t22-,23?,25?/m0/s1. The second kappa shape index (κ2) is 11.3. The van der Waals surface area contributed by atoms with E-state index in [1.54, 1.807) is 17.0 Å². The van der Waals surface area contributed by atoms with Gasteiger partial charge >= 0.3 is 0 Å². The number of likely N-dealkylation sites (tertiary alicyclic amines) is 2. The summed E-state index contributed by atoms with van der Waals surface area (Å²) in [6, 6.07) is 6.43. The van der Waals surface area contributed by atoms with Crippen LogP contribution < -0.4 is 10.2 Å². The van der Waals surface area contributed by atoms with Crippen molar-refractivity contribution in [1.82, 2.24) is 15.1 Å². The quantitative estimate of drug-likeness (QED) is 0.569. The second-order valence-electron chi connectivity index (χ2n) is 10.5. The van der Waals surface area contributed by atoms with E-state index in [4.69, 9.17) is 0 Å². The molecule has 1 N–H and O–H groups in total. The number of amides is 2. The highest BCUT2D eigenvalue weighted by Crippen LogP contribution is 2.32. The highest BCUT2D eigenvalue weighted by atomic mass is 16.2. The van der Waals surface area contributed by atoms with Crippen molar-refractivity contribution >= 4 is 23.3 Å². The van der Waals surface area contributed by atoms with Crippen LogP contribution in [0.1, 0.15) is 63.7 Å². The maximum atomic E-state index is 13.7. The molecule has 2 heterocycles. The summed E-state index contributed by atoms with van der Waals surface area (Å²) in [7, 11) is 3.90. The SMILES string of the molecule is CCC(CC)CN1CC(=O)C2C1CCN2C(=O)[C@H](CC(C)C)NC(=O)c1ccc(N(C)C)cc1. The molecular formula is C27H42N4O3. The van der Waals surface area contributed by atoms with Crippen molar-refractivity contribution in [2.24, 2.45) is 11.8 Å². The Morgan fingerprint density at radius 1 is 1.12 bits per heavy atom. The molecule has 188 valence electrons. The van der Waals surface area contributed by atoms with E-state index in [0.29, 0.717) is 31.0 Å². The van der Waals surface area contributed by atoms with Crippen molar-refractivity contribution in [3.8, 4) is 0 Å². The third-order valence-corrected chi connectivity index (χ3v) is 7.41. The Morgan fingerprint density at radius 2 is 1.76 bits per heavy atom. The number of nitrogens with one attached hydrogen (secondary N) is 1. The minimum Gasteiger partial charge on any atom is -0.378 e. The van der Waals surface area contributed by atoms with Crippen molar-refractivity contribution in [3.05, 3.63) is 29.8 Å². The van der Waals surface area contributed by atoms with Crippen LogP contribution in [0.25, 0.3) is 0 Å². The van der Waals surface area contributed by atoms with Crippen LogP contribution in [0.3, 0.4) is 0 Å². The molecule has 0 radical (unpaired) electrons. The maximum Gasteiger partial charge on any atom is 0.251 e. The van der Waals surface area contributed by atoms with E-state index in [1.165, 1.54) is 0 Å². The number of ketones is 1. The third kappa shape index (κ3) is 5.80. The first-order valence-electron chi connectivity index (χ1n) is 12.8. The molecule has 0 bridgehead atoms. The number of Topliss-reactive ketones (excluding diaryl/α,β-unsaturated/α-hetero) is 1. The van der Waals surface area contributed by atoms with Crippen LogP contribution >= 0.6 is 0 Å². The summed E-state index contributed by atoms with van der Waals surface area (Å²) < 4.78 is 0. The highest BCUT2D eigenvalue weighted by molar-refractivity contribution is 5.99. The summed E-state index contributed by atoms with van der Waals surface area (Å²) in [5, 5.41) is 2.98. The topological polar surface area (TPSA) is 73.0 Å². The lowest BCUT2D eigenvalue weighted by atomic mass is 10.0. The van der Waals surface area contributed by atoms with E-state index >= 15 is 0 Å². The predicted octanol–water partition coefficient (Wildman–Crippen LogP) is 3.19. The monoisotopic (exact) mass is 470 g/mol. The van der Waals surface area contributed by atoms with Gasteiger partial charge in [-0.25, -0.2) is 0 Å². The summed E-state index contributed by atoms with van der Waals surface area (Å²) in [5.41, 5.74) is 1.53. The molecule has 3 atom stereocenters. The van der Waals surface area contributed by atoms with Gasteiger partial charge < -0.3 is 15.1 Å². The van der Waals surface area contributed by atoms with Crippen LogP contribution in [0.5, 0.6) is 0 Å². The molecule has 0 saturated carbocycles. The Balaban J connectivity index is 1.72. The molecule has 0 aliphatic carbocycles. The zero-order chi connectivity index (χ0) is 25.0. The van der Waals surface area contributed by atoms with E-state index in [1.807, 2.05) is 45.0 Å². The number of rotatable bonds is 10. The number of carbonyl (C=O) groups excluding carboxylic acids is 3. The van der Waals surface area contributed by atoms with E-state index in [2.05, 4.69) is 24.1 Å². The van der Waals surface area contributed by atoms with Crippen molar-refractivity contribution in [2.45, 2.75) is 71.5 Å². The number of hydrogen-bond donors (Lipinski definition) is 1. The molecule has 7 heteroatoms. The van der Waals surface area contributed by atoms with Crippen molar-refractivity contribution in [3.63, 3.8) is 0 Å². The van der Waals surface area contributed by atoms with Crippen LogP contribution in [-0.2, 0) is 9.59 Å².